The Bertz CT molecular complexity index is 1230. The minimum Gasteiger partial charge on any atom is -0.464 e. The van der Waals surface area contributed by atoms with Crippen molar-refractivity contribution < 1.29 is 14.0 Å². The van der Waals surface area contributed by atoms with E-state index in [9.17, 15) is 14.4 Å². The maximum Gasteiger partial charge on any atom is 0.261 e. The maximum atomic E-state index is 12.9. The third kappa shape index (κ3) is 3.32. The highest BCUT2D eigenvalue weighted by Crippen LogP contribution is 2.42. The summed E-state index contributed by atoms with van der Waals surface area (Å²) < 4.78 is 7.19. The van der Waals surface area contributed by atoms with E-state index in [2.05, 4.69) is 5.32 Å². The third-order valence-corrected chi connectivity index (χ3v) is 6.84. The van der Waals surface area contributed by atoms with Gasteiger partial charge >= 0.3 is 0 Å². The molecule has 2 aromatic heterocycles. The fraction of sp³-hybridized carbons (Fsp3) is 0.400. The van der Waals surface area contributed by atoms with Gasteiger partial charge in [-0.15, -0.1) is 0 Å². The van der Waals surface area contributed by atoms with E-state index in [1.807, 2.05) is 35.2 Å². The number of amides is 1. The van der Waals surface area contributed by atoms with Crippen LogP contribution in [0.5, 0.6) is 0 Å². The Balaban J connectivity index is 0.00000245. The molecule has 2 unspecified atom stereocenters. The number of anilines is 1. The Morgan fingerprint density at radius 2 is 2.09 bits per heavy atom. The van der Waals surface area contributed by atoms with Crippen molar-refractivity contribution in [2.45, 2.75) is 39.2 Å². The molecule has 0 spiro atoms. The van der Waals surface area contributed by atoms with Crippen molar-refractivity contribution in [1.29, 1.82) is 0 Å². The lowest BCUT2D eigenvalue weighted by atomic mass is 9.77. The fourth-order valence-corrected chi connectivity index (χ4v) is 5.10. The zero-order chi connectivity index (χ0) is 21.6. The van der Waals surface area contributed by atoms with Gasteiger partial charge in [-0.05, 0) is 36.5 Å². The number of aromatic nitrogens is 1. The highest BCUT2D eigenvalue weighted by molar-refractivity contribution is 5.83. The number of aldehydes is 1. The van der Waals surface area contributed by atoms with Crippen LogP contribution in [-0.2, 0) is 21.5 Å². The normalized spacial score (nSPS) is 21.9. The zero-order valence-electron chi connectivity index (χ0n) is 17.5. The molecule has 7 heteroatoms. The largest absolute Gasteiger partial charge is 0.464 e. The Kier molecular flexibility index (Phi) is 5.67. The van der Waals surface area contributed by atoms with Crippen LogP contribution in [0.15, 0.2) is 51.9 Å². The van der Waals surface area contributed by atoms with Gasteiger partial charge in [0.15, 0.2) is 0 Å². The molecule has 168 valence electrons. The van der Waals surface area contributed by atoms with Crippen molar-refractivity contribution in [3.05, 3.63) is 64.3 Å². The Labute approximate surface area is 187 Å². The molecule has 0 bridgehead atoms. The summed E-state index contributed by atoms with van der Waals surface area (Å²) in [4.78, 5) is 39.0. The highest BCUT2D eigenvalue weighted by Gasteiger charge is 2.43. The molecule has 1 aromatic carbocycles. The molecule has 4 heterocycles. The van der Waals surface area contributed by atoms with Gasteiger partial charge in [0.2, 0.25) is 5.91 Å². The average Bonchev–Trinajstić information content (AvgIpc) is 3.51. The number of nitrogens with zero attached hydrogens (tertiary/aromatic N) is 2. The van der Waals surface area contributed by atoms with Gasteiger partial charge < -0.3 is 24.0 Å². The van der Waals surface area contributed by atoms with Crippen LogP contribution < -0.4 is 10.9 Å². The van der Waals surface area contributed by atoms with E-state index in [1.165, 1.54) is 6.26 Å². The number of para-hydroxylation sites is 1. The van der Waals surface area contributed by atoms with E-state index < -0.39 is 5.41 Å². The lowest BCUT2D eigenvalue weighted by Crippen LogP contribution is -2.31. The quantitative estimate of drug-likeness (QED) is 0.621. The smallest absolute Gasteiger partial charge is 0.261 e. The number of nitrogens with one attached hydrogen (secondary N) is 1. The summed E-state index contributed by atoms with van der Waals surface area (Å²) >= 11 is 0. The Morgan fingerprint density at radius 3 is 2.84 bits per heavy atom. The number of benzene rings is 1. The molecule has 1 saturated heterocycles. The highest BCUT2D eigenvalue weighted by atomic mass is 16.3. The first kappa shape index (κ1) is 21.9. The second-order valence-corrected chi connectivity index (χ2v) is 8.57. The number of carbonyl (C=O) groups excluding carboxylic acids is 2. The van der Waals surface area contributed by atoms with Crippen molar-refractivity contribution in [3.8, 4) is 0 Å². The van der Waals surface area contributed by atoms with Crippen LogP contribution in [0, 0.1) is 5.92 Å². The summed E-state index contributed by atoms with van der Waals surface area (Å²) in [6.07, 6.45) is 3.96. The molecular formula is C25H29N3O4. The molecule has 32 heavy (non-hydrogen) atoms. The van der Waals surface area contributed by atoms with Crippen molar-refractivity contribution in [2.75, 3.05) is 25.0 Å². The molecule has 2 aliphatic heterocycles. The predicted octanol–water partition coefficient (Wildman–Crippen LogP) is 3.40. The topological polar surface area (TPSA) is 84.6 Å². The molecule has 0 radical (unpaired) electrons. The summed E-state index contributed by atoms with van der Waals surface area (Å²) in [6, 6.07) is 11.3. The third-order valence-electron chi connectivity index (χ3n) is 6.84. The number of furan rings is 1. The van der Waals surface area contributed by atoms with E-state index in [0.29, 0.717) is 35.5 Å². The monoisotopic (exact) mass is 435 g/mol. The molecule has 5 rings (SSSR count). The number of fused-ring (bicyclic) bond motifs is 2. The van der Waals surface area contributed by atoms with E-state index in [-0.39, 0.29) is 18.9 Å². The van der Waals surface area contributed by atoms with Gasteiger partial charge in [0.25, 0.3) is 5.56 Å². The first-order chi connectivity index (χ1) is 15.0. The van der Waals surface area contributed by atoms with Crippen molar-refractivity contribution in [3.63, 3.8) is 0 Å². The molecule has 1 amide bonds. The number of pyridine rings is 1. The lowest BCUT2D eigenvalue weighted by molar-refractivity contribution is -0.127. The van der Waals surface area contributed by atoms with Crippen LogP contribution in [0.1, 0.15) is 38.4 Å². The molecule has 1 N–H and O–H groups in total. The van der Waals surface area contributed by atoms with Crippen LogP contribution in [0.2, 0.25) is 0 Å². The van der Waals surface area contributed by atoms with Crippen LogP contribution in [0.4, 0.5) is 5.69 Å². The minimum absolute atomic E-state index is 0. The Morgan fingerprint density at radius 1 is 1.28 bits per heavy atom. The summed E-state index contributed by atoms with van der Waals surface area (Å²) in [6.45, 7) is 4.35. The van der Waals surface area contributed by atoms with Gasteiger partial charge in [0, 0.05) is 50.6 Å². The van der Waals surface area contributed by atoms with Crippen molar-refractivity contribution in [1.82, 2.24) is 9.47 Å². The van der Waals surface area contributed by atoms with E-state index in [1.54, 1.807) is 17.6 Å². The van der Waals surface area contributed by atoms with Crippen molar-refractivity contribution >= 4 is 28.8 Å². The summed E-state index contributed by atoms with van der Waals surface area (Å²) in [5, 5.41) is 4.06. The maximum absolute atomic E-state index is 12.9. The van der Waals surface area contributed by atoms with Gasteiger partial charge in [-0.3, -0.25) is 9.59 Å². The van der Waals surface area contributed by atoms with E-state index >= 15 is 0 Å². The average molecular weight is 436 g/mol. The molecule has 3 aromatic rings. The van der Waals surface area contributed by atoms with Crippen LogP contribution in [0.3, 0.4) is 0 Å². The van der Waals surface area contributed by atoms with Crippen molar-refractivity contribution in [2.24, 2.45) is 5.92 Å². The number of rotatable bonds is 5. The predicted molar refractivity (Wildman–Crippen MR) is 124 cm³/mol. The lowest BCUT2D eigenvalue weighted by Gasteiger charge is -2.27. The summed E-state index contributed by atoms with van der Waals surface area (Å²) in [5.74, 6) is 0.477. The SMILES string of the molecule is C.CC(=O)N1CCC(CNc2ccccc2C2(C=O)CCn3c2cc2occc2c3=O)C1. The first-order valence-corrected chi connectivity index (χ1v) is 10.7. The molecule has 0 aliphatic carbocycles. The summed E-state index contributed by atoms with van der Waals surface area (Å²) in [7, 11) is 0. The van der Waals surface area contributed by atoms with E-state index in [4.69, 9.17) is 4.42 Å². The standard InChI is InChI=1S/C24H25N3O4.CH4/c1-16(29)26-9-6-17(14-26)13-25-20-5-3-2-4-19(20)24(15-28)8-10-27-22(24)12-21-18(23(27)30)7-11-31-21;/h2-5,7,11-12,15,17,25H,6,8-10,13-14H2,1H3;1H4. The molecule has 0 saturated carbocycles. The number of carbonyl (C=O) groups is 2. The van der Waals surface area contributed by atoms with Crippen LogP contribution >= 0.6 is 0 Å². The zero-order valence-corrected chi connectivity index (χ0v) is 17.5. The number of likely N-dealkylation sites (tertiary alicyclic amines) is 1. The first-order valence-electron chi connectivity index (χ1n) is 10.7. The summed E-state index contributed by atoms with van der Waals surface area (Å²) in [5.41, 5.74) is 1.90. The van der Waals surface area contributed by atoms with Gasteiger partial charge in [0.1, 0.15) is 11.9 Å². The molecule has 1 fully saturated rings. The second kappa shape index (κ2) is 8.30. The number of hydrogen-bond donors (Lipinski definition) is 1. The molecule has 2 aliphatic rings. The Hall–Kier alpha value is -3.35. The molecular weight excluding hydrogens is 406 g/mol. The number of hydrogen-bond acceptors (Lipinski definition) is 5. The fourth-order valence-electron chi connectivity index (χ4n) is 5.10. The van der Waals surface area contributed by atoms with Crippen LogP contribution in [0.25, 0.3) is 11.0 Å². The van der Waals surface area contributed by atoms with Crippen LogP contribution in [-0.4, -0.2) is 41.3 Å². The molecule has 7 nitrogen and oxygen atoms in total. The van der Waals surface area contributed by atoms with E-state index in [0.717, 1.165) is 43.6 Å². The van der Waals surface area contributed by atoms with Gasteiger partial charge in [-0.25, -0.2) is 0 Å². The van der Waals surface area contributed by atoms with Gasteiger partial charge in [-0.2, -0.15) is 0 Å². The second-order valence-electron chi connectivity index (χ2n) is 8.57. The van der Waals surface area contributed by atoms with Gasteiger partial charge in [0.05, 0.1) is 17.1 Å². The molecule has 2 atom stereocenters. The van der Waals surface area contributed by atoms with Gasteiger partial charge in [-0.1, -0.05) is 25.6 Å². The minimum atomic E-state index is -0.912.